The van der Waals surface area contributed by atoms with Crippen LogP contribution in [0.25, 0.3) is 5.69 Å². The molecule has 158 valence electrons. The van der Waals surface area contributed by atoms with Crippen LogP contribution in [-0.2, 0) is 16.1 Å². The Hall–Kier alpha value is -3.81. The molecule has 2 aliphatic heterocycles. The summed E-state index contributed by atoms with van der Waals surface area (Å²) >= 11 is 0. The number of aromatic nitrogens is 2. The second-order valence-corrected chi connectivity index (χ2v) is 7.60. The second kappa shape index (κ2) is 8.14. The average Bonchev–Trinajstić information content (AvgIpc) is 3.54. The molecule has 5 rings (SSSR count). The molecule has 1 N–H and O–H groups in total. The lowest BCUT2D eigenvalue weighted by Gasteiger charge is -2.14. The van der Waals surface area contributed by atoms with Gasteiger partial charge in [0.15, 0.2) is 11.5 Å². The quantitative estimate of drug-likeness (QED) is 0.665. The minimum atomic E-state index is -0.629. The number of hydrogen-bond acceptors (Lipinski definition) is 6. The number of carbonyl (C=O) groups excluding carboxylic acids is 1. The van der Waals surface area contributed by atoms with Crippen LogP contribution in [0.2, 0.25) is 0 Å². The number of rotatable bonds is 6. The molecule has 0 radical (unpaired) electrons. The molecule has 8 heteroatoms. The molecule has 1 amide bonds. The van der Waals surface area contributed by atoms with E-state index >= 15 is 0 Å². The van der Waals surface area contributed by atoms with Crippen molar-refractivity contribution in [1.29, 1.82) is 0 Å². The van der Waals surface area contributed by atoms with Gasteiger partial charge < -0.3 is 19.6 Å². The van der Waals surface area contributed by atoms with Gasteiger partial charge >= 0.3 is 0 Å². The molecule has 0 spiro atoms. The van der Waals surface area contributed by atoms with Crippen LogP contribution in [0.3, 0.4) is 0 Å². The summed E-state index contributed by atoms with van der Waals surface area (Å²) in [5.41, 5.74) is 3.74. The zero-order valence-electron chi connectivity index (χ0n) is 17.0. The minimum Gasteiger partial charge on any atom is -0.454 e. The van der Waals surface area contributed by atoms with Crippen molar-refractivity contribution in [2.24, 2.45) is 5.16 Å². The summed E-state index contributed by atoms with van der Waals surface area (Å²) < 4.78 is 12.5. The Kier molecular flexibility index (Phi) is 5.03. The summed E-state index contributed by atoms with van der Waals surface area (Å²) in [5.74, 6) is 1.29. The lowest BCUT2D eigenvalue weighted by atomic mass is 10.0. The molecule has 0 bridgehead atoms. The number of benzene rings is 2. The van der Waals surface area contributed by atoms with Crippen LogP contribution < -0.4 is 14.8 Å². The fourth-order valence-corrected chi connectivity index (χ4v) is 3.63. The minimum absolute atomic E-state index is 0.190. The van der Waals surface area contributed by atoms with Crippen LogP contribution in [-0.4, -0.2) is 34.3 Å². The first kappa shape index (κ1) is 19.2. The Morgan fingerprint density at radius 1 is 1.19 bits per heavy atom. The van der Waals surface area contributed by atoms with E-state index in [0.29, 0.717) is 12.8 Å². The highest BCUT2D eigenvalue weighted by molar-refractivity contribution is 5.94. The van der Waals surface area contributed by atoms with E-state index in [2.05, 4.69) is 15.6 Å². The number of para-hydroxylation sites is 1. The van der Waals surface area contributed by atoms with Crippen LogP contribution in [0.15, 0.2) is 66.1 Å². The van der Waals surface area contributed by atoms with E-state index < -0.39 is 6.10 Å². The molecule has 3 heterocycles. The van der Waals surface area contributed by atoms with E-state index in [1.807, 2.05) is 61.7 Å². The Balaban J connectivity index is 1.16. The third kappa shape index (κ3) is 4.09. The van der Waals surface area contributed by atoms with E-state index in [9.17, 15) is 4.79 Å². The molecule has 1 aromatic heterocycles. The molecule has 0 fully saturated rings. The molecular weight excluding hydrogens is 396 g/mol. The highest BCUT2D eigenvalue weighted by atomic mass is 16.7. The number of carbonyl (C=O) groups is 1. The van der Waals surface area contributed by atoms with Crippen molar-refractivity contribution in [3.8, 4) is 17.2 Å². The van der Waals surface area contributed by atoms with Gasteiger partial charge in [-0.1, -0.05) is 29.4 Å². The average molecular weight is 418 g/mol. The Bertz CT molecular complexity index is 1130. The van der Waals surface area contributed by atoms with Crippen molar-refractivity contribution in [3.05, 3.63) is 72.1 Å². The fourth-order valence-electron chi connectivity index (χ4n) is 3.63. The topological polar surface area (TPSA) is 87.0 Å². The van der Waals surface area contributed by atoms with Crippen molar-refractivity contribution >= 4 is 11.6 Å². The monoisotopic (exact) mass is 418 g/mol. The van der Waals surface area contributed by atoms with Crippen LogP contribution in [0, 0.1) is 0 Å². The summed E-state index contributed by atoms with van der Waals surface area (Å²) in [6, 6.07) is 15.4. The third-order valence-electron chi connectivity index (χ3n) is 5.35. The number of nitrogens with zero attached hydrogens (tertiary/aromatic N) is 3. The molecule has 2 unspecified atom stereocenters. The maximum atomic E-state index is 12.7. The summed E-state index contributed by atoms with van der Waals surface area (Å²) in [6.07, 6.45) is 4.10. The lowest BCUT2D eigenvalue weighted by Crippen LogP contribution is -2.36. The highest BCUT2D eigenvalue weighted by Crippen LogP contribution is 2.33. The normalized spacial score (nSPS) is 17.7. The van der Waals surface area contributed by atoms with E-state index in [0.717, 1.165) is 34.0 Å². The van der Waals surface area contributed by atoms with Crippen molar-refractivity contribution in [2.45, 2.75) is 31.9 Å². The number of nitrogens with one attached hydrogen (secondary N) is 1. The first-order valence-electron chi connectivity index (χ1n) is 10.2. The van der Waals surface area contributed by atoms with E-state index in [4.69, 9.17) is 14.3 Å². The number of amides is 1. The highest BCUT2D eigenvalue weighted by Gasteiger charge is 2.29. The fraction of sp³-hybridized carbons (Fsp3) is 0.261. The van der Waals surface area contributed by atoms with Crippen molar-refractivity contribution in [3.63, 3.8) is 0 Å². The lowest BCUT2D eigenvalue weighted by molar-refractivity contribution is -0.131. The maximum absolute atomic E-state index is 12.7. The van der Waals surface area contributed by atoms with Crippen molar-refractivity contribution in [2.75, 3.05) is 6.79 Å². The van der Waals surface area contributed by atoms with Gasteiger partial charge in [-0.05, 0) is 36.8 Å². The van der Waals surface area contributed by atoms with Gasteiger partial charge in [0.2, 0.25) is 12.9 Å². The van der Waals surface area contributed by atoms with Crippen LogP contribution in [0.5, 0.6) is 11.5 Å². The summed E-state index contributed by atoms with van der Waals surface area (Å²) in [7, 11) is 0. The molecule has 8 nitrogen and oxygen atoms in total. The van der Waals surface area contributed by atoms with Gasteiger partial charge in [-0.3, -0.25) is 4.79 Å². The second-order valence-electron chi connectivity index (χ2n) is 7.60. The molecule has 2 aliphatic rings. The molecule has 0 saturated carbocycles. The Morgan fingerprint density at radius 2 is 2.03 bits per heavy atom. The van der Waals surface area contributed by atoms with Crippen LogP contribution in [0.4, 0.5) is 0 Å². The number of oxime groups is 1. The van der Waals surface area contributed by atoms with Crippen molar-refractivity contribution < 1.29 is 19.1 Å². The van der Waals surface area contributed by atoms with Crippen molar-refractivity contribution in [1.82, 2.24) is 15.1 Å². The zero-order chi connectivity index (χ0) is 21.2. The van der Waals surface area contributed by atoms with Crippen LogP contribution in [0.1, 0.15) is 30.5 Å². The van der Waals surface area contributed by atoms with Gasteiger partial charge in [0.25, 0.3) is 5.91 Å². The Morgan fingerprint density at radius 3 is 2.90 bits per heavy atom. The van der Waals surface area contributed by atoms with E-state index in [1.54, 1.807) is 10.9 Å². The molecule has 0 aliphatic carbocycles. The van der Waals surface area contributed by atoms with Gasteiger partial charge in [0, 0.05) is 24.6 Å². The standard InChI is InChI=1S/C23H22N4O4/c1-15(17-12-24-27(13-17)19-5-3-2-4-6-19)25-23(28)22-11-18(26-31-22)9-16-7-8-20-21(10-16)30-14-29-20/h2-8,10,12-13,15,22H,9,11,14H2,1H3,(H,25,28). The van der Waals surface area contributed by atoms with Gasteiger partial charge in [0.05, 0.1) is 23.6 Å². The molecule has 2 atom stereocenters. The number of hydrogen-bond donors (Lipinski definition) is 1. The molecular formula is C23H22N4O4. The first-order chi connectivity index (χ1) is 15.2. The molecule has 3 aromatic rings. The molecule has 31 heavy (non-hydrogen) atoms. The predicted octanol–water partition coefficient (Wildman–Crippen LogP) is 3.17. The zero-order valence-corrected chi connectivity index (χ0v) is 17.0. The molecule has 0 saturated heterocycles. The maximum Gasteiger partial charge on any atom is 0.264 e. The van der Waals surface area contributed by atoms with Gasteiger partial charge in [-0.15, -0.1) is 0 Å². The van der Waals surface area contributed by atoms with Gasteiger partial charge in [-0.25, -0.2) is 4.68 Å². The van der Waals surface area contributed by atoms with Crippen LogP contribution >= 0.6 is 0 Å². The van der Waals surface area contributed by atoms with E-state index in [1.165, 1.54) is 0 Å². The summed E-state index contributed by atoms with van der Waals surface area (Å²) in [4.78, 5) is 18.1. The Labute approximate surface area is 179 Å². The number of ether oxygens (including phenoxy) is 2. The van der Waals surface area contributed by atoms with Gasteiger partial charge in [0.1, 0.15) is 0 Å². The largest absolute Gasteiger partial charge is 0.454 e. The first-order valence-corrected chi connectivity index (χ1v) is 10.2. The predicted molar refractivity (Wildman–Crippen MR) is 113 cm³/mol. The summed E-state index contributed by atoms with van der Waals surface area (Å²) in [6.45, 7) is 2.17. The third-order valence-corrected chi connectivity index (χ3v) is 5.35. The molecule has 2 aromatic carbocycles. The SMILES string of the molecule is CC(NC(=O)C1CC(Cc2ccc3c(c2)OCO3)=NO1)c1cnn(-c2ccccc2)c1. The van der Waals surface area contributed by atoms with Gasteiger partial charge in [-0.2, -0.15) is 5.10 Å². The smallest absolute Gasteiger partial charge is 0.264 e. The summed E-state index contributed by atoms with van der Waals surface area (Å²) in [5, 5.41) is 11.5. The number of fused-ring (bicyclic) bond motifs is 1. The van der Waals surface area contributed by atoms with E-state index in [-0.39, 0.29) is 18.7 Å².